The highest BCUT2D eigenvalue weighted by atomic mass is 32.2. The summed E-state index contributed by atoms with van der Waals surface area (Å²) in [5.41, 5.74) is 6.35. The third-order valence-electron chi connectivity index (χ3n) is 2.46. The van der Waals surface area contributed by atoms with E-state index in [0.717, 1.165) is 0 Å². The maximum atomic E-state index is 13.0. The Morgan fingerprint density at radius 3 is 2.44 bits per heavy atom. The van der Waals surface area contributed by atoms with Gasteiger partial charge in [0.05, 0.1) is 10.6 Å². The molecule has 0 aliphatic carbocycles. The first kappa shape index (κ1) is 12.6. The van der Waals surface area contributed by atoms with Gasteiger partial charge in [0.1, 0.15) is 5.82 Å². The Kier molecular flexibility index (Phi) is 3.34. The van der Waals surface area contributed by atoms with E-state index in [9.17, 15) is 12.8 Å². The molecule has 0 saturated heterocycles. The largest absolute Gasteiger partial charge is 0.399 e. The third kappa shape index (κ3) is 2.87. The maximum absolute atomic E-state index is 13.0. The SMILES string of the molecule is Nc1cccc(S(=O)(=O)Cc2cccc(F)c2)c1. The predicted molar refractivity (Wildman–Crippen MR) is 68.1 cm³/mol. The number of hydrogen-bond donors (Lipinski definition) is 1. The molecule has 0 radical (unpaired) electrons. The van der Waals surface area contributed by atoms with E-state index in [0.29, 0.717) is 11.3 Å². The summed E-state index contributed by atoms with van der Waals surface area (Å²) in [6.07, 6.45) is 0. The predicted octanol–water partition coefficient (Wildman–Crippen LogP) is 2.38. The minimum absolute atomic E-state index is 0.145. The zero-order valence-electron chi connectivity index (χ0n) is 9.51. The summed E-state index contributed by atoms with van der Waals surface area (Å²) in [6.45, 7) is 0. The lowest BCUT2D eigenvalue weighted by molar-refractivity contribution is 0.594. The van der Waals surface area contributed by atoms with Crippen molar-refractivity contribution in [1.29, 1.82) is 0 Å². The highest BCUT2D eigenvalue weighted by Gasteiger charge is 2.15. The Morgan fingerprint density at radius 1 is 1.06 bits per heavy atom. The van der Waals surface area contributed by atoms with Crippen molar-refractivity contribution in [2.75, 3.05) is 5.73 Å². The zero-order valence-corrected chi connectivity index (χ0v) is 10.3. The summed E-state index contributed by atoms with van der Waals surface area (Å²) < 4.78 is 37.2. The molecule has 0 aliphatic heterocycles. The molecule has 0 bridgehead atoms. The van der Waals surface area contributed by atoms with Gasteiger partial charge < -0.3 is 5.73 Å². The number of halogens is 1. The van der Waals surface area contributed by atoms with E-state index in [-0.39, 0.29) is 10.6 Å². The fourth-order valence-electron chi connectivity index (χ4n) is 1.64. The van der Waals surface area contributed by atoms with Crippen molar-refractivity contribution in [2.24, 2.45) is 0 Å². The van der Waals surface area contributed by atoms with Crippen LogP contribution in [-0.2, 0) is 15.6 Å². The number of sulfone groups is 1. The number of nitrogen functional groups attached to an aromatic ring is 1. The molecule has 2 N–H and O–H groups in total. The lowest BCUT2D eigenvalue weighted by Gasteiger charge is -2.05. The Labute approximate surface area is 105 Å². The first-order chi connectivity index (χ1) is 8.47. The highest BCUT2D eigenvalue weighted by molar-refractivity contribution is 7.90. The summed E-state index contributed by atoms with van der Waals surface area (Å²) in [7, 11) is -3.50. The maximum Gasteiger partial charge on any atom is 0.182 e. The van der Waals surface area contributed by atoms with Crippen LogP contribution in [0.5, 0.6) is 0 Å². The van der Waals surface area contributed by atoms with Crippen LogP contribution >= 0.6 is 0 Å². The van der Waals surface area contributed by atoms with E-state index < -0.39 is 15.7 Å². The fraction of sp³-hybridized carbons (Fsp3) is 0.0769. The minimum atomic E-state index is -3.50. The lowest BCUT2D eigenvalue weighted by atomic mass is 10.2. The smallest absolute Gasteiger partial charge is 0.182 e. The van der Waals surface area contributed by atoms with Crippen LogP contribution in [0.3, 0.4) is 0 Å². The molecule has 18 heavy (non-hydrogen) atoms. The van der Waals surface area contributed by atoms with Crippen LogP contribution in [0.1, 0.15) is 5.56 Å². The van der Waals surface area contributed by atoms with Gasteiger partial charge in [-0.3, -0.25) is 0 Å². The fourth-order valence-corrected chi connectivity index (χ4v) is 3.02. The second kappa shape index (κ2) is 4.78. The normalized spacial score (nSPS) is 11.4. The molecule has 0 fully saturated rings. The molecule has 0 saturated carbocycles. The van der Waals surface area contributed by atoms with Crippen molar-refractivity contribution in [3.8, 4) is 0 Å². The lowest BCUT2D eigenvalue weighted by Crippen LogP contribution is -2.05. The summed E-state index contributed by atoms with van der Waals surface area (Å²) >= 11 is 0. The van der Waals surface area contributed by atoms with Gasteiger partial charge in [-0.15, -0.1) is 0 Å². The molecule has 0 aromatic heterocycles. The van der Waals surface area contributed by atoms with Gasteiger partial charge >= 0.3 is 0 Å². The van der Waals surface area contributed by atoms with Crippen molar-refractivity contribution in [1.82, 2.24) is 0 Å². The third-order valence-corrected chi connectivity index (χ3v) is 4.15. The van der Waals surface area contributed by atoms with Gasteiger partial charge in [-0.2, -0.15) is 0 Å². The zero-order chi connectivity index (χ0) is 13.2. The van der Waals surface area contributed by atoms with Crippen LogP contribution in [0.25, 0.3) is 0 Å². The molecule has 2 aromatic rings. The van der Waals surface area contributed by atoms with Crippen LogP contribution in [0.4, 0.5) is 10.1 Å². The molecule has 5 heteroatoms. The monoisotopic (exact) mass is 265 g/mol. The number of benzene rings is 2. The topological polar surface area (TPSA) is 60.2 Å². The Bertz CT molecular complexity index is 668. The van der Waals surface area contributed by atoms with E-state index in [1.165, 1.54) is 30.3 Å². The van der Waals surface area contributed by atoms with Gasteiger partial charge in [0.25, 0.3) is 0 Å². The van der Waals surface area contributed by atoms with E-state index in [2.05, 4.69) is 0 Å². The molecule has 0 amide bonds. The van der Waals surface area contributed by atoms with Crippen molar-refractivity contribution < 1.29 is 12.8 Å². The molecule has 2 rings (SSSR count). The quantitative estimate of drug-likeness (QED) is 0.867. The number of hydrogen-bond acceptors (Lipinski definition) is 3. The average Bonchev–Trinajstić information content (AvgIpc) is 2.28. The molecule has 2 aromatic carbocycles. The van der Waals surface area contributed by atoms with Gasteiger partial charge in [0, 0.05) is 5.69 Å². The first-order valence-corrected chi connectivity index (χ1v) is 6.95. The second-order valence-electron chi connectivity index (χ2n) is 3.96. The number of nitrogens with two attached hydrogens (primary N) is 1. The van der Waals surface area contributed by atoms with Crippen LogP contribution < -0.4 is 5.73 Å². The molecule has 94 valence electrons. The second-order valence-corrected chi connectivity index (χ2v) is 5.95. The number of anilines is 1. The van der Waals surface area contributed by atoms with E-state index >= 15 is 0 Å². The van der Waals surface area contributed by atoms with Crippen molar-refractivity contribution in [3.05, 3.63) is 59.9 Å². The van der Waals surface area contributed by atoms with Crippen LogP contribution in [-0.4, -0.2) is 8.42 Å². The molecule has 0 spiro atoms. The Hall–Kier alpha value is -1.88. The molecule has 0 heterocycles. The highest BCUT2D eigenvalue weighted by Crippen LogP contribution is 2.18. The Balaban J connectivity index is 2.33. The van der Waals surface area contributed by atoms with Gasteiger partial charge in [0.15, 0.2) is 9.84 Å². The van der Waals surface area contributed by atoms with Crippen LogP contribution in [0.2, 0.25) is 0 Å². The molecule has 0 atom stereocenters. The standard InChI is InChI=1S/C13H12FNO2S/c14-11-4-1-3-10(7-11)9-18(16,17)13-6-2-5-12(15)8-13/h1-8H,9,15H2. The number of rotatable bonds is 3. The van der Waals surface area contributed by atoms with Gasteiger partial charge in [-0.25, -0.2) is 12.8 Å². The summed E-state index contributed by atoms with van der Waals surface area (Å²) in [4.78, 5) is 0.145. The van der Waals surface area contributed by atoms with Crippen LogP contribution in [0, 0.1) is 5.82 Å². The molecule has 0 unspecified atom stereocenters. The van der Waals surface area contributed by atoms with Gasteiger partial charge in [0.2, 0.25) is 0 Å². The van der Waals surface area contributed by atoms with E-state index in [1.807, 2.05) is 0 Å². The molecular weight excluding hydrogens is 253 g/mol. The van der Waals surface area contributed by atoms with Crippen molar-refractivity contribution >= 4 is 15.5 Å². The van der Waals surface area contributed by atoms with E-state index in [4.69, 9.17) is 5.73 Å². The van der Waals surface area contributed by atoms with Crippen LogP contribution in [0.15, 0.2) is 53.4 Å². The minimum Gasteiger partial charge on any atom is -0.399 e. The first-order valence-electron chi connectivity index (χ1n) is 5.30. The summed E-state index contributed by atoms with van der Waals surface area (Å²) in [5, 5.41) is 0. The molecule has 0 aliphatic rings. The van der Waals surface area contributed by atoms with Gasteiger partial charge in [-0.05, 0) is 35.9 Å². The van der Waals surface area contributed by atoms with E-state index in [1.54, 1.807) is 18.2 Å². The Morgan fingerprint density at radius 2 is 1.78 bits per heavy atom. The average molecular weight is 265 g/mol. The van der Waals surface area contributed by atoms with Crippen molar-refractivity contribution in [2.45, 2.75) is 10.6 Å². The van der Waals surface area contributed by atoms with Gasteiger partial charge in [-0.1, -0.05) is 18.2 Å². The molecular formula is C13H12FNO2S. The molecule has 3 nitrogen and oxygen atoms in total. The summed E-state index contributed by atoms with van der Waals surface area (Å²) in [6, 6.07) is 11.6. The van der Waals surface area contributed by atoms with Crippen molar-refractivity contribution in [3.63, 3.8) is 0 Å². The summed E-state index contributed by atoms with van der Waals surface area (Å²) in [5.74, 6) is -0.691.